The number of rotatable bonds is 4. The Hall–Kier alpha value is -2.65. The summed E-state index contributed by atoms with van der Waals surface area (Å²) in [5, 5.41) is 3.50. The molecule has 0 bridgehead atoms. The number of carbonyl (C=O) groups is 1. The number of hydrogen-bond acceptors (Lipinski definition) is 2. The van der Waals surface area contributed by atoms with Crippen molar-refractivity contribution in [2.75, 3.05) is 5.32 Å². The van der Waals surface area contributed by atoms with Crippen molar-refractivity contribution in [2.24, 2.45) is 0 Å². The highest BCUT2D eigenvalue weighted by Gasteiger charge is 2.09. The molecule has 3 rings (SSSR count). The van der Waals surface area contributed by atoms with Crippen molar-refractivity contribution in [1.29, 1.82) is 0 Å². The molecule has 0 aliphatic carbocycles. The number of carbonyl (C=O) groups excluding carboxylic acids is 1. The molecule has 0 spiro atoms. The summed E-state index contributed by atoms with van der Waals surface area (Å²) in [6, 6.07) is 18.6. The Morgan fingerprint density at radius 3 is 2.54 bits per heavy atom. The third-order valence-electron chi connectivity index (χ3n) is 3.79. The molecule has 1 amide bonds. The van der Waals surface area contributed by atoms with Gasteiger partial charge >= 0.3 is 0 Å². The molecular formula is C20H17ClN2O. The van der Waals surface area contributed by atoms with Gasteiger partial charge in [0.15, 0.2) is 0 Å². The molecule has 0 saturated carbocycles. The van der Waals surface area contributed by atoms with Gasteiger partial charge in [-0.25, -0.2) is 0 Å². The van der Waals surface area contributed by atoms with E-state index in [1.807, 2.05) is 48.5 Å². The minimum Gasteiger partial charge on any atom is -0.322 e. The van der Waals surface area contributed by atoms with Crippen LogP contribution >= 0.6 is 11.6 Å². The summed E-state index contributed by atoms with van der Waals surface area (Å²) >= 11 is 6.26. The maximum Gasteiger partial charge on any atom is 0.255 e. The van der Waals surface area contributed by atoms with Crippen LogP contribution in [0.15, 0.2) is 66.9 Å². The van der Waals surface area contributed by atoms with Gasteiger partial charge in [-0.3, -0.25) is 9.78 Å². The summed E-state index contributed by atoms with van der Waals surface area (Å²) in [6.07, 6.45) is 2.67. The molecule has 0 aliphatic rings. The van der Waals surface area contributed by atoms with Gasteiger partial charge in [0.05, 0.1) is 10.7 Å². The molecule has 0 unspecified atom stereocenters. The molecule has 4 heteroatoms. The number of nitrogens with zero attached hydrogens (tertiary/aromatic N) is 1. The number of hydrogen-bond donors (Lipinski definition) is 1. The average Bonchev–Trinajstić information content (AvgIpc) is 2.64. The summed E-state index contributed by atoms with van der Waals surface area (Å²) in [7, 11) is 0. The van der Waals surface area contributed by atoms with Crippen LogP contribution in [0.4, 0.5) is 5.69 Å². The van der Waals surface area contributed by atoms with Gasteiger partial charge in [-0.05, 0) is 54.4 Å². The Labute approximate surface area is 146 Å². The fraction of sp³-hybridized carbons (Fsp3) is 0.100. The Kier molecular flexibility index (Phi) is 4.92. The van der Waals surface area contributed by atoms with Crippen molar-refractivity contribution in [3.8, 4) is 11.3 Å². The van der Waals surface area contributed by atoms with Gasteiger partial charge in [0.2, 0.25) is 0 Å². The number of anilines is 1. The van der Waals surface area contributed by atoms with Crippen LogP contribution in [-0.2, 0) is 6.42 Å². The van der Waals surface area contributed by atoms with Gasteiger partial charge in [0.1, 0.15) is 0 Å². The topological polar surface area (TPSA) is 42.0 Å². The second-order valence-electron chi connectivity index (χ2n) is 5.41. The number of aryl methyl sites for hydroxylation is 1. The van der Waals surface area contributed by atoms with Gasteiger partial charge in [-0.15, -0.1) is 0 Å². The largest absolute Gasteiger partial charge is 0.322 e. The predicted octanol–water partition coefficient (Wildman–Crippen LogP) is 5.22. The van der Waals surface area contributed by atoms with Crippen LogP contribution in [0, 0.1) is 0 Å². The monoisotopic (exact) mass is 336 g/mol. The van der Waals surface area contributed by atoms with E-state index < -0.39 is 0 Å². The Balaban J connectivity index is 1.83. The molecule has 1 heterocycles. The zero-order chi connectivity index (χ0) is 16.9. The van der Waals surface area contributed by atoms with Crippen molar-refractivity contribution in [3.63, 3.8) is 0 Å². The molecule has 0 fully saturated rings. The molecule has 0 radical (unpaired) electrons. The standard InChI is InChI=1S/C20H17ClN2O/c1-2-14-6-8-15(9-7-14)20(24)23-16-10-11-18(21)17(13-16)19-5-3-4-12-22-19/h3-13H,2H2,1H3,(H,23,24). The fourth-order valence-electron chi connectivity index (χ4n) is 2.42. The minimum absolute atomic E-state index is 0.146. The van der Waals surface area contributed by atoms with Crippen LogP contribution in [-0.4, -0.2) is 10.9 Å². The van der Waals surface area contributed by atoms with Crippen molar-refractivity contribution < 1.29 is 4.79 Å². The lowest BCUT2D eigenvalue weighted by Crippen LogP contribution is -2.11. The third kappa shape index (κ3) is 3.63. The number of aromatic nitrogens is 1. The average molecular weight is 337 g/mol. The highest BCUT2D eigenvalue weighted by atomic mass is 35.5. The first-order valence-electron chi connectivity index (χ1n) is 7.78. The van der Waals surface area contributed by atoms with E-state index in [1.54, 1.807) is 18.3 Å². The molecule has 0 aliphatic heterocycles. The smallest absolute Gasteiger partial charge is 0.255 e. The van der Waals surface area contributed by atoms with Gasteiger partial charge in [0, 0.05) is 23.0 Å². The summed E-state index contributed by atoms with van der Waals surface area (Å²) in [5.41, 5.74) is 4.07. The number of halogens is 1. The second-order valence-corrected chi connectivity index (χ2v) is 5.82. The molecule has 3 nitrogen and oxygen atoms in total. The molecule has 3 aromatic rings. The highest BCUT2D eigenvalue weighted by Crippen LogP contribution is 2.29. The molecular weight excluding hydrogens is 320 g/mol. The normalized spacial score (nSPS) is 10.4. The van der Waals surface area contributed by atoms with Crippen LogP contribution in [0.1, 0.15) is 22.8 Å². The predicted molar refractivity (Wildman–Crippen MR) is 98.5 cm³/mol. The number of pyridine rings is 1. The zero-order valence-corrected chi connectivity index (χ0v) is 14.0. The summed E-state index contributed by atoms with van der Waals surface area (Å²) in [4.78, 5) is 16.7. The number of benzene rings is 2. The number of amides is 1. The zero-order valence-electron chi connectivity index (χ0n) is 13.3. The molecule has 1 aromatic heterocycles. The SMILES string of the molecule is CCc1ccc(C(=O)Nc2ccc(Cl)c(-c3ccccn3)c2)cc1. The van der Waals surface area contributed by atoms with Gasteiger partial charge in [0.25, 0.3) is 5.91 Å². The summed E-state index contributed by atoms with van der Waals surface area (Å²) in [5.74, 6) is -0.146. The third-order valence-corrected chi connectivity index (χ3v) is 4.12. The number of nitrogens with one attached hydrogen (secondary N) is 1. The quantitative estimate of drug-likeness (QED) is 0.710. The van der Waals surface area contributed by atoms with Gasteiger partial charge < -0.3 is 5.32 Å². The van der Waals surface area contributed by atoms with E-state index in [0.29, 0.717) is 16.3 Å². The maximum absolute atomic E-state index is 12.4. The van der Waals surface area contributed by atoms with E-state index in [1.165, 1.54) is 5.56 Å². The van der Waals surface area contributed by atoms with Crippen molar-refractivity contribution >= 4 is 23.2 Å². The molecule has 0 atom stereocenters. The van der Waals surface area contributed by atoms with Crippen LogP contribution in [0.3, 0.4) is 0 Å². The van der Waals surface area contributed by atoms with E-state index in [2.05, 4.69) is 17.2 Å². The first-order valence-corrected chi connectivity index (χ1v) is 8.16. The summed E-state index contributed by atoms with van der Waals surface area (Å²) in [6.45, 7) is 2.09. The van der Waals surface area contributed by atoms with Gasteiger partial charge in [-0.1, -0.05) is 36.7 Å². The van der Waals surface area contributed by atoms with E-state index >= 15 is 0 Å². The van der Waals surface area contributed by atoms with Gasteiger partial charge in [-0.2, -0.15) is 0 Å². The van der Waals surface area contributed by atoms with Crippen LogP contribution < -0.4 is 5.32 Å². The lowest BCUT2D eigenvalue weighted by atomic mass is 10.1. The van der Waals surface area contributed by atoms with Crippen molar-refractivity contribution in [3.05, 3.63) is 83.0 Å². The van der Waals surface area contributed by atoms with Crippen molar-refractivity contribution in [1.82, 2.24) is 4.98 Å². The van der Waals surface area contributed by atoms with Crippen LogP contribution in [0.2, 0.25) is 5.02 Å². The lowest BCUT2D eigenvalue weighted by Gasteiger charge is -2.09. The Morgan fingerprint density at radius 1 is 1.08 bits per heavy atom. The van der Waals surface area contributed by atoms with E-state index in [-0.39, 0.29) is 5.91 Å². The summed E-state index contributed by atoms with van der Waals surface area (Å²) < 4.78 is 0. The van der Waals surface area contributed by atoms with E-state index in [0.717, 1.165) is 17.7 Å². The van der Waals surface area contributed by atoms with Crippen LogP contribution in [0.5, 0.6) is 0 Å². The fourth-order valence-corrected chi connectivity index (χ4v) is 2.63. The first kappa shape index (κ1) is 16.2. The molecule has 2 aromatic carbocycles. The molecule has 0 saturated heterocycles. The first-order chi connectivity index (χ1) is 11.7. The lowest BCUT2D eigenvalue weighted by molar-refractivity contribution is 0.102. The van der Waals surface area contributed by atoms with Crippen molar-refractivity contribution in [2.45, 2.75) is 13.3 Å². The van der Waals surface area contributed by atoms with E-state index in [9.17, 15) is 4.79 Å². The maximum atomic E-state index is 12.4. The Bertz CT molecular complexity index is 845. The highest BCUT2D eigenvalue weighted by molar-refractivity contribution is 6.33. The molecule has 1 N–H and O–H groups in total. The minimum atomic E-state index is -0.146. The Morgan fingerprint density at radius 2 is 1.88 bits per heavy atom. The van der Waals surface area contributed by atoms with E-state index in [4.69, 9.17) is 11.6 Å². The second kappa shape index (κ2) is 7.28. The molecule has 24 heavy (non-hydrogen) atoms. The van der Waals surface area contributed by atoms with Crippen LogP contribution in [0.25, 0.3) is 11.3 Å². The molecule has 120 valence electrons.